The minimum Gasteiger partial charge on any atom is -0.335 e. The maximum atomic E-state index is 13.2. The van der Waals surface area contributed by atoms with Crippen LogP contribution in [0.15, 0.2) is 47.3 Å². The van der Waals surface area contributed by atoms with Crippen LogP contribution < -0.4 is 11.3 Å². The minimum atomic E-state index is 0.0203. The molecule has 2 heterocycles. The third-order valence-electron chi connectivity index (χ3n) is 4.61. The molecule has 4 aromatic rings. The van der Waals surface area contributed by atoms with Crippen LogP contribution in [0.25, 0.3) is 32.7 Å². The Morgan fingerprint density at radius 1 is 1.04 bits per heavy atom. The van der Waals surface area contributed by atoms with Crippen molar-refractivity contribution in [2.24, 2.45) is 5.73 Å². The summed E-state index contributed by atoms with van der Waals surface area (Å²) in [5, 5.41) is 3.70. The molecule has 0 saturated heterocycles. The fourth-order valence-electron chi connectivity index (χ4n) is 3.65. The lowest BCUT2D eigenvalue weighted by Gasteiger charge is -2.11. The van der Waals surface area contributed by atoms with Gasteiger partial charge in [-0.1, -0.05) is 29.8 Å². The summed E-state index contributed by atoms with van der Waals surface area (Å²) < 4.78 is 3.85. The van der Waals surface area contributed by atoms with Crippen LogP contribution in [-0.4, -0.2) is 15.7 Å². The molecular formula is C19H18ClN3O. The molecule has 4 nitrogen and oxygen atoms in total. The van der Waals surface area contributed by atoms with Gasteiger partial charge in [-0.3, -0.25) is 4.79 Å². The Kier molecular flexibility index (Phi) is 3.59. The van der Waals surface area contributed by atoms with Crippen LogP contribution in [-0.2, 0) is 13.1 Å². The first-order chi connectivity index (χ1) is 11.7. The van der Waals surface area contributed by atoms with Gasteiger partial charge in [0.25, 0.3) is 5.56 Å². The molecular weight excluding hydrogens is 322 g/mol. The summed E-state index contributed by atoms with van der Waals surface area (Å²) in [7, 11) is 0. The maximum absolute atomic E-state index is 13.2. The minimum absolute atomic E-state index is 0.0203. The first-order valence-corrected chi connectivity index (χ1v) is 8.48. The molecule has 2 aromatic heterocycles. The molecule has 0 spiro atoms. The average molecular weight is 340 g/mol. The van der Waals surface area contributed by atoms with E-state index in [-0.39, 0.29) is 5.56 Å². The van der Waals surface area contributed by atoms with E-state index in [9.17, 15) is 4.79 Å². The lowest BCUT2D eigenvalue weighted by molar-refractivity contribution is 0.731. The molecule has 122 valence electrons. The summed E-state index contributed by atoms with van der Waals surface area (Å²) in [6, 6.07) is 13.8. The molecule has 0 radical (unpaired) electrons. The van der Waals surface area contributed by atoms with Gasteiger partial charge in [-0.2, -0.15) is 0 Å². The fraction of sp³-hybridized carbons (Fsp3) is 0.211. The lowest BCUT2D eigenvalue weighted by Crippen LogP contribution is -2.23. The largest absolute Gasteiger partial charge is 0.335 e. The highest BCUT2D eigenvalue weighted by molar-refractivity contribution is 6.32. The average Bonchev–Trinajstić information content (AvgIpc) is 2.90. The SMILES string of the molecule is CCn1c(=O)c2c(c3ccccc31)c1cc(Cl)ccc1n2CCN. The molecule has 0 aliphatic heterocycles. The van der Waals surface area contributed by atoms with E-state index >= 15 is 0 Å². The number of fused-ring (bicyclic) bond motifs is 5. The van der Waals surface area contributed by atoms with Crippen molar-refractivity contribution in [1.29, 1.82) is 0 Å². The quantitative estimate of drug-likeness (QED) is 0.618. The van der Waals surface area contributed by atoms with Crippen LogP contribution >= 0.6 is 11.6 Å². The van der Waals surface area contributed by atoms with Crippen molar-refractivity contribution in [2.45, 2.75) is 20.0 Å². The number of benzene rings is 2. The highest BCUT2D eigenvalue weighted by atomic mass is 35.5. The molecule has 0 atom stereocenters. The molecule has 5 heteroatoms. The van der Waals surface area contributed by atoms with E-state index in [1.807, 2.05) is 52.5 Å². The second kappa shape index (κ2) is 5.65. The normalized spacial score (nSPS) is 11.8. The van der Waals surface area contributed by atoms with Gasteiger partial charge in [0.2, 0.25) is 0 Å². The highest BCUT2D eigenvalue weighted by Crippen LogP contribution is 2.34. The highest BCUT2D eigenvalue weighted by Gasteiger charge is 2.18. The Hall–Kier alpha value is -2.30. The van der Waals surface area contributed by atoms with Crippen LogP contribution in [0.2, 0.25) is 5.02 Å². The summed E-state index contributed by atoms with van der Waals surface area (Å²) >= 11 is 6.24. The van der Waals surface area contributed by atoms with Crippen LogP contribution in [0.1, 0.15) is 6.92 Å². The molecule has 24 heavy (non-hydrogen) atoms. The standard InChI is InChI=1S/C19H18ClN3O/c1-2-22-15-6-4-3-5-13(15)17-14-11-12(20)7-8-16(14)23(10-9-21)18(17)19(22)24/h3-8,11H,2,9-10,21H2,1H3. The van der Waals surface area contributed by atoms with E-state index in [1.54, 1.807) is 0 Å². The number of para-hydroxylation sites is 1. The smallest absolute Gasteiger partial charge is 0.275 e. The summed E-state index contributed by atoms with van der Waals surface area (Å²) in [6.45, 7) is 3.69. The van der Waals surface area contributed by atoms with Gasteiger partial charge in [-0.05, 0) is 31.2 Å². The number of nitrogens with two attached hydrogens (primary N) is 1. The Labute approximate surface area is 144 Å². The second-order valence-electron chi connectivity index (χ2n) is 5.89. The van der Waals surface area contributed by atoms with Crippen LogP contribution in [0.5, 0.6) is 0 Å². The first-order valence-electron chi connectivity index (χ1n) is 8.10. The summed E-state index contributed by atoms with van der Waals surface area (Å²) in [5.41, 5.74) is 8.48. The number of pyridine rings is 1. The van der Waals surface area contributed by atoms with Gasteiger partial charge < -0.3 is 14.9 Å². The van der Waals surface area contributed by atoms with Crippen LogP contribution in [0.3, 0.4) is 0 Å². The van der Waals surface area contributed by atoms with Gasteiger partial charge in [0.05, 0.1) is 5.52 Å². The fourth-order valence-corrected chi connectivity index (χ4v) is 3.83. The van der Waals surface area contributed by atoms with Crippen molar-refractivity contribution < 1.29 is 0 Å². The number of nitrogens with zero attached hydrogens (tertiary/aromatic N) is 2. The molecule has 0 bridgehead atoms. The number of hydrogen-bond donors (Lipinski definition) is 1. The van der Waals surface area contributed by atoms with Crippen molar-refractivity contribution in [3.8, 4) is 0 Å². The predicted molar refractivity (Wildman–Crippen MR) is 101 cm³/mol. The molecule has 4 rings (SSSR count). The Bertz CT molecular complexity index is 1140. The molecule has 0 amide bonds. The van der Waals surface area contributed by atoms with Crippen LogP contribution in [0, 0.1) is 0 Å². The third kappa shape index (κ3) is 2.00. The van der Waals surface area contributed by atoms with Gasteiger partial charge in [0.1, 0.15) is 5.52 Å². The van der Waals surface area contributed by atoms with Crippen molar-refractivity contribution in [1.82, 2.24) is 9.13 Å². The van der Waals surface area contributed by atoms with E-state index in [1.165, 1.54) is 0 Å². The summed E-state index contributed by atoms with van der Waals surface area (Å²) in [5.74, 6) is 0. The lowest BCUT2D eigenvalue weighted by atomic mass is 10.1. The summed E-state index contributed by atoms with van der Waals surface area (Å²) in [6.07, 6.45) is 0. The van der Waals surface area contributed by atoms with Crippen molar-refractivity contribution in [2.75, 3.05) is 6.54 Å². The second-order valence-corrected chi connectivity index (χ2v) is 6.33. The van der Waals surface area contributed by atoms with Gasteiger partial charge in [0.15, 0.2) is 0 Å². The van der Waals surface area contributed by atoms with E-state index < -0.39 is 0 Å². The van der Waals surface area contributed by atoms with E-state index in [2.05, 4.69) is 6.07 Å². The van der Waals surface area contributed by atoms with E-state index in [0.717, 1.165) is 27.2 Å². The summed E-state index contributed by atoms with van der Waals surface area (Å²) in [4.78, 5) is 13.2. The van der Waals surface area contributed by atoms with Crippen molar-refractivity contribution >= 4 is 44.3 Å². The monoisotopic (exact) mass is 339 g/mol. The first kappa shape index (κ1) is 15.2. The number of aryl methyl sites for hydroxylation is 1. The van der Waals surface area contributed by atoms with Crippen LogP contribution in [0.4, 0.5) is 0 Å². The molecule has 0 aliphatic rings. The third-order valence-corrected chi connectivity index (χ3v) is 4.84. The van der Waals surface area contributed by atoms with Gasteiger partial charge in [0, 0.05) is 46.3 Å². The Morgan fingerprint density at radius 2 is 1.79 bits per heavy atom. The van der Waals surface area contributed by atoms with Crippen molar-refractivity contribution in [3.05, 3.63) is 57.8 Å². The Balaban J connectivity index is 2.38. The molecule has 0 fully saturated rings. The van der Waals surface area contributed by atoms with Crippen molar-refractivity contribution in [3.63, 3.8) is 0 Å². The topological polar surface area (TPSA) is 53.0 Å². The number of rotatable bonds is 3. The van der Waals surface area contributed by atoms with Gasteiger partial charge >= 0.3 is 0 Å². The zero-order valence-electron chi connectivity index (χ0n) is 13.4. The molecule has 0 saturated carbocycles. The zero-order chi connectivity index (χ0) is 16.8. The molecule has 0 unspecified atom stereocenters. The maximum Gasteiger partial charge on any atom is 0.275 e. The Morgan fingerprint density at radius 3 is 2.54 bits per heavy atom. The predicted octanol–water partition coefficient (Wildman–Crippen LogP) is 3.74. The van der Waals surface area contributed by atoms with E-state index in [4.69, 9.17) is 17.3 Å². The number of halogens is 1. The van der Waals surface area contributed by atoms with Gasteiger partial charge in [-0.15, -0.1) is 0 Å². The number of aromatic nitrogens is 2. The molecule has 2 aromatic carbocycles. The van der Waals surface area contributed by atoms with Gasteiger partial charge in [-0.25, -0.2) is 0 Å². The van der Waals surface area contributed by atoms with E-state index in [0.29, 0.717) is 30.2 Å². The zero-order valence-corrected chi connectivity index (χ0v) is 14.2. The molecule has 2 N–H and O–H groups in total. The number of hydrogen-bond acceptors (Lipinski definition) is 2. The molecule has 0 aliphatic carbocycles.